The van der Waals surface area contributed by atoms with Crippen molar-refractivity contribution >= 4 is 41.7 Å². The normalized spacial score (nSPS) is 11.9. The summed E-state index contributed by atoms with van der Waals surface area (Å²) in [6.07, 6.45) is 4.09. The second-order valence-corrected chi connectivity index (χ2v) is 6.59. The Morgan fingerprint density at radius 2 is 1.93 bits per heavy atom. The molecule has 28 heavy (non-hydrogen) atoms. The van der Waals surface area contributed by atoms with E-state index in [1.807, 2.05) is 19.1 Å². The zero-order chi connectivity index (χ0) is 19.5. The van der Waals surface area contributed by atoms with E-state index in [2.05, 4.69) is 57.1 Å². The van der Waals surface area contributed by atoms with Gasteiger partial charge in [-0.3, -0.25) is 9.79 Å². The van der Waals surface area contributed by atoms with E-state index in [1.165, 1.54) is 5.56 Å². The van der Waals surface area contributed by atoms with Crippen molar-refractivity contribution in [3.05, 3.63) is 59.8 Å². The number of amides is 1. The molecule has 0 radical (unpaired) electrons. The van der Waals surface area contributed by atoms with Crippen LogP contribution in [0.3, 0.4) is 0 Å². The molecule has 6 nitrogen and oxygen atoms in total. The molecule has 0 aliphatic carbocycles. The van der Waals surface area contributed by atoms with Crippen LogP contribution in [0.4, 0.5) is 5.82 Å². The number of pyridine rings is 1. The summed E-state index contributed by atoms with van der Waals surface area (Å²) in [5, 5.41) is 9.33. The second kappa shape index (κ2) is 13.1. The Morgan fingerprint density at radius 1 is 1.18 bits per heavy atom. The van der Waals surface area contributed by atoms with Crippen molar-refractivity contribution in [1.82, 2.24) is 15.6 Å². The fraction of sp³-hybridized carbons (Fsp3) is 0.381. The Hall–Kier alpha value is -2.16. The van der Waals surface area contributed by atoms with Crippen molar-refractivity contribution in [2.24, 2.45) is 4.99 Å². The van der Waals surface area contributed by atoms with Crippen LogP contribution >= 0.6 is 24.0 Å². The number of rotatable bonds is 8. The van der Waals surface area contributed by atoms with Crippen molar-refractivity contribution in [1.29, 1.82) is 0 Å². The van der Waals surface area contributed by atoms with E-state index >= 15 is 0 Å². The van der Waals surface area contributed by atoms with Gasteiger partial charge in [0.1, 0.15) is 5.82 Å². The predicted molar refractivity (Wildman–Crippen MR) is 126 cm³/mol. The molecule has 1 atom stereocenters. The van der Waals surface area contributed by atoms with Gasteiger partial charge >= 0.3 is 0 Å². The summed E-state index contributed by atoms with van der Waals surface area (Å²) in [6.45, 7) is 4.59. The van der Waals surface area contributed by atoms with Gasteiger partial charge in [0.25, 0.3) is 0 Å². The first kappa shape index (κ1) is 23.9. The van der Waals surface area contributed by atoms with Gasteiger partial charge in [-0.25, -0.2) is 4.98 Å². The van der Waals surface area contributed by atoms with E-state index in [9.17, 15) is 4.79 Å². The molecule has 0 fully saturated rings. The van der Waals surface area contributed by atoms with Crippen LogP contribution in [0, 0.1) is 6.92 Å². The van der Waals surface area contributed by atoms with Crippen molar-refractivity contribution < 1.29 is 4.79 Å². The molecule has 2 rings (SSSR count). The molecule has 0 bridgehead atoms. The molecule has 152 valence electrons. The number of carbonyl (C=O) groups is 1. The first-order valence-corrected chi connectivity index (χ1v) is 9.30. The maximum absolute atomic E-state index is 12.0. The maximum Gasteiger partial charge on any atom is 0.227 e. The van der Waals surface area contributed by atoms with Gasteiger partial charge < -0.3 is 16.0 Å². The smallest absolute Gasteiger partial charge is 0.227 e. The topological polar surface area (TPSA) is 78.4 Å². The van der Waals surface area contributed by atoms with Gasteiger partial charge in [-0.1, -0.05) is 36.4 Å². The fourth-order valence-corrected chi connectivity index (χ4v) is 2.57. The SMILES string of the molecule is CN=C(NCCC(=O)Nc1ccc(C)cn1)NC(C)CCc1ccccc1.I. The number of nitrogens with zero attached hydrogens (tertiary/aromatic N) is 2. The third-order valence-corrected chi connectivity index (χ3v) is 4.14. The molecule has 2 aromatic rings. The Kier molecular flexibility index (Phi) is 11.2. The minimum Gasteiger partial charge on any atom is -0.356 e. The lowest BCUT2D eigenvalue weighted by Crippen LogP contribution is -2.43. The Labute approximate surface area is 184 Å². The number of nitrogens with one attached hydrogen (secondary N) is 3. The summed E-state index contributed by atoms with van der Waals surface area (Å²) in [6, 6.07) is 14.4. The van der Waals surface area contributed by atoms with Crippen LogP contribution in [0.2, 0.25) is 0 Å². The number of carbonyl (C=O) groups excluding carboxylic acids is 1. The van der Waals surface area contributed by atoms with Gasteiger partial charge in [0.15, 0.2) is 5.96 Å². The third-order valence-electron chi connectivity index (χ3n) is 4.14. The highest BCUT2D eigenvalue weighted by Gasteiger charge is 2.07. The molecule has 0 aliphatic heterocycles. The number of hydrogen-bond donors (Lipinski definition) is 3. The van der Waals surface area contributed by atoms with Crippen LogP contribution in [0.5, 0.6) is 0 Å². The van der Waals surface area contributed by atoms with E-state index in [-0.39, 0.29) is 35.9 Å². The zero-order valence-corrected chi connectivity index (χ0v) is 19.1. The Bertz CT molecular complexity index is 734. The Balaban J connectivity index is 0.00000392. The van der Waals surface area contributed by atoms with Crippen LogP contribution < -0.4 is 16.0 Å². The van der Waals surface area contributed by atoms with Crippen molar-refractivity contribution in [2.45, 2.75) is 39.2 Å². The molecule has 1 aromatic heterocycles. The number of aliphatic imine (C=N–C) groups is 1. The number of anilines is 1. The highest BCUT2D eigenvalue weighted by Crippen LogP contribution is 2.05. The minimum atomic E-state index is -0.0774. The maximum atomic E-state index is 12.0. The van der Waals surface area contributed by atoms with Crippen molar-refractivity contribution in [2.75, 3.05) is 18.9 Å². The summed E-state index contributed by atoms with van der Waals surface area (Å²) >= 11 is 0. The van der Waals surface area contributed by atoms with Crippen LogP contribution in [0.25, 0.3) is 0 Å². The minimum absolute atomic E-state index is 0. The highest BCUT2D eigenvalue weighted by atomic mass is 127. The molecular formula is C21H30IN5O. The molecule has 1 unspecified atom stereocenters. The summed E-state index contributed by atoms with van der Waals surface area (Å²) in [7, 11) is 1.73. The van der Waals surface area contributed by atoms with E-state index < -0.39 is 0 Å². The summed E-state index contributed by atoms with van der Waals surface area (Å²) in [4.78, 5) is 20.4. The largest absolute Gasteiger partial charge is 0.356 e. The summed E-state index contributed by atoms with van der Waals surface area (Å²) in [5.41, 5.74) is 2.39. The molecule has 0 saturated carbocycles. The van der Waals surface area contributed by atoms with Gasteiger partial charge in [0.05, 0.1) is 0 Å². The third kappa shape index (κ3) is 9.16. The number of aryl methyl sites for hydroxylation is 2. The summed E-state index contributed by atoms with van der Waals surface area (Å²) in [5.74, 6) is 1.20. The number of guanidine groups is 1. The monoisotopic (exact) mass is 495 g/mol. The second-order valence-electron chi connectivity index (χ2n) is 6.59. The van der Waals surface area contributed by atoms with Crippen LogP contribution in [0.1, 0.15) is 30.9 Å². The molecule has 7 heteroatoms. The number of hydrogen-bond acceptors (Lipinski definition) is 3. The zero-order valence-electron chi connectivity index (χ0n) is 16.7. The van der Waals surface area contributed by atoms with Gasteiger partial charge in [-0.15, -0.1) is 24.0 Å². The highest BCUT2D eigenvalue weighted by molar-refractivity contribution is 14.0. The van der Waals surface area contributed by atoms with E-state index in [4.69, 9.17) is 0 Å². The van der Waals surface area contributed by atoms with Gasteiger partial charge in [-0.05, 0) is 43.9 Å². The van der Waals surface area contributed by atoms with Gasteiger partial charge in [0, 0.05) is 32.3 Å². The van der Waals surface area contributed by atoms with E-state index in [0.717, 1.165) is 18.4 Å². The molecule has 0 spiro atoms. The van der Waals surface area contributed by atoms with Gasteiger partial charge in [-0.2, -0.15) is 0 Å². The summed E-state index contributed by atoms with van der Waals surface area (Å²) < 4.78 is 0. The number of halogens is 1. The molecule has 1 amide bonds. The van der Waals surface area contributed by atoms with E-state index in [1.54, 1.807) is 19.3 Å². The molecule has 3 N–H and O–H groups in total. The van der Waals surface area contributed by atoms with E-state index in [0.29, 0.717) is 24.7 Å². The van der Waals surface area contributed by atoms with Crippen molar-refractivity contribution in [3.63, 3.8) is 0 Å². The lowest BCUT2D eigenvalue weighted by molar-refractivity contribution is -0.116. The molecular weight excluding hydrogens is 465 g/mol. The van der Waals surface area contributed by atoms with Gasteiger partial charge in [0.2, 0.25) is 5.91 Å². The quantitative estimate of drug-likeness (QED) is 0.298. The van der Waals surface area contributed by atoms with Crippen LogP contribution in [0.15, 0.2) is 53.7 Å². The standard InChI is InChI=1S/C21H29N5O.HI/c1-16-9-12-19(24-15-16)26-20(27)13-14-23-21(22-3)25-17(2)10-11-18-7-5-4-6-8-18;/h4-9,12,15,17H,10-11,13-14H2,1-3H3,(H2,22,23,25)(H,24,26,27);1H. The predicted octanol–water partition coefficient (Wildman–Crippen LogP) is 3.52. The van der Waals surface area contributed by atoms with Crippen molar-refractivity contribution in [3.8, 4) is 0 Å². The Morgan fingerprint density at radius 3 is 2.57 bits per heavy atom. The lowest BCUT2D eigenvalue weighted by Gasteiger charge is -2.18. The number of aromatic nitrogens is 1. The molecule has 0 saturated heterocycles. The first-order valence-electron chi connectivity index (χ1n) is 9.30. The molecule has 1 aromatic carbocycles. The fourth-order valence-electron chi connectivity index (χ4n) is 2.57. The average molecular weight is 495 g/mol. The van der Waals surface area contributed by atoms with Crippen LogP contribution in [-0.4, -0.2) is 36.5 Å². The van der Waals surface area contributed by atoms with Crippen LogP contribution in [-0.2, 0) is 11.2 Å². The average Bonchev–Trinajstić information content (AvgIpc) is 2.68. The first-order chi connectivity index (χ1) is 13.1. The lowest BCUT2D eigenvalue weighted by atomic mass is 10.1. The molecule has 1 heterocycles. The molecule has 0 aliphatic rings. The number of benzene rings is 1.